The van der Waals surface area contributed by atoms with Crippen LogP contribution < -0.4 is 10.2 Å². The van der Waals surface area contributed by atoms with Crippen LogP contribution in [0.15, 0.2) is 47.4 Å². The number of amides is 4. The number of thiophene rings is 1. The summed E-state index contributed by atoms with van der Waals surface area (Å²) in [6.45, 7) is 0. The van der Waals surface area contributed by atoms with Gasteiger partial charge in [-0.15, -0.1) is 11.3 Å². The monoisotopic (exact) mass is 366 g/mol. The standard InChI is InChI=1S/C16H9F3N2O3S/c17-16(18,19)9-3-1-4-10(7-9)21-14(23)12(13(22)20-15(21)24)8-11-5-2-6-25-11/h1-8H,(H,20,22,24)/b12-8+. The molecule has 0 atom stereocenters. The molecule has 1 saturated heterocycles. The van der Waals surface area contributed by atoms with Crippen LogP contribution in [0, 0.1) is 0 Å². The largest absolute Gasteiger partial charge is 0.416 e. The van der Waals surface area contributed by atoms with Crippen molar-refractivity contribution in [2.24, 2.45) is 0 Å². The molecule has 0 unspecified atom stereocenters. The SMILES string of the molecule is O=C1NC(=O)N(c2cccc(C(F)(F)F)c2)C(=O)/C1=C/c1cccs1. The Labute approximate surface area is 143 Å². The predicted octanol–water partition coefficient (Wildman–Crippen LogP) is 3.43. The Morgan fingerprint density at radius 3 is 2.48 bits per heavy atom. The van der Waals surface area contributed by atoms with Crippen LogP contribution in [0.2, 0.25) is 0 Å². The first-order valence-electron chi connectivity index (χ1n) is 6.89. The zero-order chi connectivity index (χ0) is 18.2. The molecule has 128 valence electrons. The smallest absolute Gasteiger partial charge is 0.273 e. The van der Waals surface area contributed by atoms with E-state index in [1.807, 2.05) is 5.32 Å². The van der Waals surface area contributed by atoms with Gasteiger partial charge >= 0.3 is 12.2 Å². The minimum Gasteiger partial charge on any atom is -0.273 e. The zero-order valence-corrected chi connectivity index (χ0v) is 13.1. The summed E-state index contributed by atoms with van der Waals surface area (Å²) in [5, 5.41) is 3.69. The highest BCUT2D eigenvalue weighted by Crippen LogP contribution is 2.32. The highest BCUT2D eigenvalue weighted by molar-refractivity contribution is 7.10. The van der Waals surface area contributed by atoms with Gasteiger partial charge in [-0.25, -0.2) is 9.69 Å². The van der Waals surface area contributed by atoms with E-state index in [4.69, 9.17) is 0 Å². The Kier molecular flexibility index (Phi) is 4.17. The van der Waals surface area contributed by atoms with Gasteiger partial charge in [0.1, 0.15) is 5.57 Å². The molecule has 1 N–H and O–H groups in total. The minimum absolute atomic E-state index is 0.276. The molecule has 0 bridgehead atoms. The van der Waals surface area contributed by atoms with Gasteiger partial charge in [0.2, 0.25) is 0 Å². The number of hydrogen-bond donors (Lipinski definition) is 1. The second-order valence-corrected chi connectivity index (χ2v) is 6.00. The number of urea groups is 1. The van der Waals surface area contributed by atoms with Crippen molar-refractivity contribution in [3.63, 3.8) is 0 Å². The maximum atomic E-state index is 12.9. The average Bonchev–Trinajstić information content (AvgIpc) is 3.04. The molecular formula is C16H9F3N2O3S. The number of rotatable bonds is 2. The number of halogens is 3. The summed E-state index contributed by atoms with van der Waals surface area (Å²) >= 11 is 1.26. The molecule has 1 aromatic carbocycles. The van der Waals surface area contributed by atoms with Crippen LogP contribution in [0.1, 0.15) is 10.4 Å². The summed E-state index contributed by atoms with van der Waals surface area (Å²) in [5.41, 5.74) is -1.62. The summed E-state index contributed by atoms with van der Waals surface area (Å²) in [6, 6.07) is 6.03. The van der Waals surface area contributed by atoms with Crippen molar-refractivity contribution < 1.29 is 27.6 Å². The molecule has 0 saturated carbocycles. The van der Waals surface area contributed by atoms with E-state index in [2.05, 4.69) is 0 Å². The molecule has 4 amide bonds. The molecule has 25 heavy (non-hydrogen) atoms. The number of carbonyl (C=O) groups excluding carboxylic acids is 3. The Bertz CT molecular complexity index is 888. The Balaban J connectivity index is 2.03. The number of imide groups is 2. The lowest BCUT2D eigenvalue weighted by Gasteiger charge is -2.26. The van der Waals surface area contributed by atoms with Crippen molar-refractivity contribution >= 4 is 40.9 Å². The number of barbiturate groups is 1. The van der Waals surface area contributed by atoms with E-state index in [0.29, 0.717) is 15.8 Å². The first-order chi connectivity index (χ1) is 11.8. The van der Waals surface area contributed by atoms with Crippen LogP contribution in [0.5, 0.6) is 0 Å². The summed E-state index contributed by atoms with van der Waals surface area (Å²) in [4.78, 5) is 37.6. The van der Waals surface area contributed by atoms with Crippen LogP contribution in [-0.4, -0.2) is 17.8 Å². The maximum Gasteiger partial charge on any atom is 0.416 e. The van der Waals surface area contributed by atoms with Crippen molar-refractivity contribution in [1.82, 2.24) is 5.32 Å². The molecule has 1 aromatic heterocycles. The van der Waals surface area contributed by atoms with Crippen LogP contribution in [0.3, 0.4) is 0 Å². The zero-order valence-electron chi connectivity index (χ0n) is 12.3. The summed E-state index contributed by atoms with van der Waals surface area (Å²) in [5.74, 6) is -1.88. The summed E-state index contributed by atoms with van der Waals surface area (Å²) in [7, 11) is 0. The molecule has 0 spiro atoms. The van der Waals surface area contributed by atoms with Gasteiger partial charge in [0.25, 0.3) is 11.8 Å². The van der Waals surface area contributed by atoms with Crippen LogP contribution in [0.25, 0.3) is 6.08 Å². The molecule has 2 aromatic rings. The fourth-order valence-electron chi connectivity index (χ4n) is 2.23. The lowest BCUT2D eigenvalue weighted by atomic mass is 10.1. The topological polar surface area (TPSA) is 66.5 Å². The lowest BCUT2D eigenvalue weighted by Crippen LogP contribution is -2.54. The van der Waals surface area contributed by atoms with E-state index in [-0.39, 0.29) is 11.3 Å². The molecule has 1 aliphatic rings. The number of anilines is 1. The molecule has 3 rings (SSSR count). The third-order valence-corrected chi connectivity index (χ3v) is 4.18. The molecule has 0 radical (unpaired) electrons. The third-order valence-electron chi connectivity index (χ3n) is 3.36. The van der Waals surface area contributed by atoms with E-state index in [1.54, 1.807) is 17.5 Å². The normalized spacial score (nSPS) is 17.2. The van der Waals surface area contributed by atoms with Gasteiger partial charge in [0.15, 0.2) is 0 Å². The Hall–Kier alpha value is -2.94. The molecule has 2 heterocycles. The molecule has 5 nitrogen and oxygen atoms in total. The molecule has 9 heteroatoms. The second kappa shape index (κ2) is 6.17. The highest BCUT2D eigenvalue weighted by atomic mass is 32.1. The fraction of sp³-hybridized carbons (Fsp3) is 0.0625. The van der Waals surface area contributed by atoms with Gasteiger partial charge in [-0.2, -0.15) is 13.2 Å². The van der Waals surface area contributed by atoms with Gasteiger partial charge < -0.3 is 0 Å². The van der Waals surface area contributed by atoms with Crippen LogP contribution in [0.4, 0.5) is 23.7 Å². The number of benzene rings is 1. The van der Waals surface area contributed by atoms with Gasteiger partial charge in [0, 0.05) is 4.88 Å². The van der Waals surface area contributed by atoms with Crippen molar-refractivity contribution in [1.29, 1.82) is 0 Å². The number of nitrogens with zero attached hydrogens (tertiary/aromatic N) is 1. The van der Waals surface area contributed by atoms with Crippen molar-refractivity contribution in [2.45, 2.75) is 6.18 Å². The predicted molar refractivity (Wildman–Crippen MR) is 84.8 cm³/mol. The summed E-state index contributed by atoms with van der Waals surface area (Å²) in [6.07, 6.45) is -3.34. The fourth-order valence-corrected chi connectivity index (χ4v) is 2.89. The van der Waals surface area contributed by atoms with Gasteiger partial charge in [-0.05, 0) is 35.7 Å². The molecule has 1 aliphatic heterocycles. The van der Waals surface area contributed by atoms with E-state index in [9.17, 15) is 27.6 Å². The van der Waals surface area contributed by atoms with E-state index >= 15 is 0 Å². The van der Waals surface area contributed by atoms with Gasteiger partial charge in [-0.1, -0.05) is 12.1 Å². The van der Waals surface area contributed by atoms with Crippen molar-refractivity contribution in [2.75, 3.05) is 4.90 Å². The van der Waals surface area contributed by atoms with Crippen molar-refractivity contribution in [3.05, 3.63) is 57.8 Å². The molecule has 1 fully saturated rings. The highest BCUT2D eigenvalue weighted by Gasteiger charge is 2.38. The van der Waals surface area contributed by atoms with E-state index in [0.717, 1.165) is 12.1 Å². The quantitative estimate of drug-likeness (QED) is 0.654. The van der Waals surface area contributed by atoms with Crippen LogP contribution >= 0.6 is 11.3 Å². The van der Waals surface area contributed by atoms with Gasteiger partial charge in [-0.3, -0.25) is 14.9 Å². The van der Waals surface area contributed by atoms with E-state index in [1.165, 1.54) is 23.5 Å². The number of alkyl halides is 3. The second-order valence-electron chi connectivity index (χ2n) is 5.02. The van der Waals surface area contributed by atoms with Gasteiger partial charge in [0.05, 0.1) is 11.3 Å². The third kappa shape index (κ3) is 3.31. The summed E-state index contributed by atoms with van der Waals surface area (Å²) < 4.78 is 38.6. The lowest BCUT2D eigenvalue weighted by molar-refractivity contribution is -0.137. The minimum atomic E-state index is -4.63. The van der Waals surface area contributed by atoms with Crippen LogP contribution in [-0.2, 0) is 15.8 Å². The Morgan fingerprint density at radius 1 is 1.08 bits per heavy atom. The first kappa shape index (κ1) is 16.9. The Morgan fingerprint density at radius 2 is 1.84 bits per heavy atom. The van der Waals surface area contributed by atoms with Crippen molar-refractivity contribution in [3.8, 4) is 0 Å². The first-order valence-corrected chi connectivity index (χ1v) is 7.77. The average molecular weight is 366 g/mol. The maximum absolute atomic E-state index is 12.9. The molecular weight excluding hydrogens is 357 g/mol. The van der Waals surface area contributed by atoms with E-state index < -0.39 is 29.6 Å². The number of nitrogens with one attached hydrogen (secondary N) is 1. The number of hydrogen-bond acceptors (Lipinski definition) is 4. The number of carbonyl (C=O) groups is 3. The molecule has 0 aliphatic carbocycles.